The Bertz CT molecular complexity index is 327. The zero-order chi connectivity index (χ0) is 12.4. The SMILES string of the molecule is Cc1ccc(C(C)(O)CCC(C)(C)C)cc1. The van der Waals surface area contributed by atoms with Gasteiger partial charge in [-0.1, -0.05) is 50.6 Å². The second-order valence-electron chi connectivity index (χ2n) is 6.20. The van der Waals surface area contributed by atoms with Crippen LogP contribution in [0.4, 0.5) is 0 Å². The number of hydrogen-bond acceptors (Lipinski definition) is 1. The molecule has 1 rings (SSSR count). The molecule has 1 atom stereocenters. The standard InChI is InChI=1S/C15H24O/c1-12-6-8-13(9-7-12)15(5,16)11-10-14(2,3)4/h6-9,16H,10-11H2,1-5H3. The fourth-order valence-corrected chi connectivity index (χ4v) is 1.68. The van der Waals surface area contributed by atoms with Crippen molar-refractivity contribution in [1.29, 1.82) is 0 Å². The molecule has 0 aliphatic carbocycles. The molecule has 1 aromatic carbocycles. The van der Waals surface area contributed by atoms with Crippen molar-refractivity contribution in [3.05, 3.63) is 35.4 Å². The van der Waals surface area contributed by atoms with Crippen LogP contribution in [0.3, 0.4) is 0 Å². The van der Waals surface area contributed by atoms with E-state index in [1.807, 2.05) is 19.1 Å². The highest BCUT2D eigenvalue weighted by Gasteiger charge is 2.25. The van der Waals surface area contributed by atoms with Crippen LogP contribution >= 0.6 is 0 Å². The molecule has 0 fully saturated rings. The van der Waals surface area contributed by atoms with Crippen LogP contribution in [0, 0.1) is 12.3 Å². The van der Waals surface area contributed by atoms with Gasteiger partial charge in [-0.15, -0.1) is 0 Å². The minimum absolute atomic E-state index is 0.273. The molecular weight excluding hydrogens is 196 g/mol. The summed E-state index contributed by atoms with van der Waals surface area (Å²) < 4.78 is 0. The number of aliphatic hydroxyl groups is 1. The van der Waals surface area contributed by atoms with E-state index in [2.05, 4.69) is 39.8 Å². The molecule has 1 unspecified atom stereocenters. The van der Waals surface area contributed by atoms with Crippen molar-refractivity contribution in [1.82, 2.24) is 0 Å². The Morgan fingerprint density at radius 2 is 1.44 bits per heavy atom. The molecule has 16 heavy (non-hydrogen) atoms. The van der Waals surface area contributed by atoms with Crippen LogP contribution in [0.5, 0.6) is 0 Å². The molecule has 1 nitrogen and oxygen atoms in total. The molecule has 0 radical (unpaired) electrons. The van der Waals surface area contributed by atoms with Gasteiger partial charge in [-0.05, 0) is 37.7 Å². The maximum atomic E-state index is 10.4. The Hall–Kier alpha value is -0.820. The molecular formula is C15H24O. The van der Waals surface area contributed by atoms with E-state index in [1.54, 1.807) is 0 Å². The minimum atomic E-state index is -0.707. The van der Waals surface area contributed by atoms with Gasteiger partial charge in [0.1, 0.15) is 0 Å². The van der Waals surface area contributed by atoms with Crippen molar-refractivity contribution >= 4 is 0 Å². The summed E-state index contributed by atoms with van der Waals surface area (Å²) in [6.07, 6.45) is 1.83. The molecule has 0 aliphatic rings. The summed E-state index contributed by atoms with van der Waals surface area (Å²) in [7, 11) is 0. The van der Waals surface area contributed by atoms with Crippen LogP contribution in [0.25, 0.3) is 0 Å². The fraction of sp³-hybridized carbons (Fsp3) is 0.600. The topological polar surface area (TPSA) is 20.2 Å². The highest BCUT2D eigenvalue weighted by atomic mass is 16.3. The molecule has 0 heterocycles. The largest absolute Gasteiger partial charge is 0.385 e. The average molecular weight is 220 g/mol. The Morgan fingerprint density at radius 1 is 0.938 bits per heavy atom. The normalized spacial score (nSPS) is 15.9. The van der Waals surface area contributed by atoms with Crippen molar-refractivity contribution < 1.29 is 5.11 Å². The monoisotopic (exact) mass is 220 g/mol. The number of benzene rings is 1. The quantitative estimate of drug-likeness (QED) is 0.815. The maximum Gasteiger partial charge on any atom is 0.0868 e. The third-order valence-electron chi connectivity index (χ3n) is 3.04. The average Bonchev–Trinajstić information content (AvgIpc) is 2.15. The summed E-state index contributed by atoms with van der Waals surface area (Å²) in [6, 6.07) is 8.16. The van der Waals surface area contributed by atoms with Gasteiger partial charge in [-0.3, -0.25) is 0 Å². The molecule has 1 heteroatoms. The van der Waals surface area contributed by atoms with E-state index < -0.39 is 5.60 Å². The van der Waals surface area contributed by atoms with Gasteiger partial charge in [0.15, 0.2) is 0 Å². The first-order valence-corrected chi connectivity index (χ1v) is 6.00. The summed E-state index contributed by atoms with van der Waals surface area (Å²) >= 11 is 0. The minimum Gasteiger partial charge on any atom is -0.385 e. The lowest BCUT2D eigenvalue weighted by molar-refractivity contribution is 0.0358. The predicted octanol–water partition coefficient (Wildman–Crippen LogP) is 4.03. The maximum absolute atomic E-state index is 10.4. The lowest BCUT2D eigenvalue weighted by atomic mass is 9.82. The molecule has 0 aromatic heterocycles. The Morgan fingerprint density at radius 3 is 1.88 bits per heavy atom. The Labute approximate surface area is 99.5 Å². The molecule has 0 saturated carbocycles. The van der Waals surface area contributed by atoms with E-state index in [4.69, 9.17) is 0 Å². The van der Waals surface area contributed by atoms with Gasteiger partial charge in [0, 0.05) is 0 Å². The van der Waals surface area contributed by atoms with Gasteiger partial charge < -0.3 is 5.11 Å². The van der Waals surface area contributed by atoms with Crippen LogP contribution in [-0.2, 0) is 5.60 Å². The number of hydrogen-bond donors (Lipinski definition) is 1. The van der Waals surface area contributed by atoms with Crippen molar-refractivity contribution in [3.8, 4) is 0 Å². The molecule has 0 bridgehead atoms. The molecule has 0 aliphatic heterocycles. The van der Waals surface area contributed by atoms with Crippen LogP contribution in [0.2, 0.25) is 0 Å². The second kappa shape index (κ2) is 4.58. The molecule has 90 valence electrons. The molecule has 1 N–H and O–H groups in total. The zero-order valence-corrected chi connectivity index (χ0v) is 11.2. The van der Waals surface area contributed by atoms with E-state index >= 15 is 0 Å². The smallest absolute Gasteiger partial charge is 0.0868 e. The Kier molecular flexibility index (Phi) is 3.80. The third-order valence-corrected chi connectivity index (χ3v) is 3.04. The summed E-state index contributed by atoms with van der Waals surface area (Å²) in [6.45, 7) is 10.6. The van der Waals surface area contributed by atoms with Crippen molar-refractivity contribution in [2.75, 3.05) is 0 Å². The third kappa shape index (κ3) is 3.97. The first kappa shape index (κ1) is 13.2. The summed E-state index contributed by atoms with van der Waals surface area (Å²) in [5.74, 6) is 0. The fourth-order valence-electron chi connectivity index (χ4n) is 1.68. The number of aryl methyl sites for hydroxylation is 1. The van der Waals surface area contributed by atoms with Crippen LogP contribution in [0.1, 0.15) is 51.7 Å². The predicted molar refractivity (Wildman–Crippen MR) is 69.4 cm³/mol. The highest BCUT2D eigenvalue weighted by Crippen LogP contribution is 2.31. The van der Waals surface area contributed by atoms with Crippen molar-refractivity contribution in [2.24, 2.45) is 5.41 Å². The summed E-state index contributed by atoms with van der Waals surface area (Å²) in [4.78, 5) is 0. The van der Waals surface area contributed by atoms with E-state index in [-0.39, 0.29) is 5.41 Å². The van der Waals surface area contributed by atoms with Crippen LogP contribution in [0.15, 0.2) is 24.3 Å². The first-order valence-electron chi connectivity index (χ1n) is 6.00. The molecule has 0 amide bonds. The van der Waals surface area contributed by atoms with Crippen molar-refractivity contribution in [3.63, 3.8) is 0 Å². The van der Waals surface area contributed by atoms with E-state index in [1.165, 1.54) is 5.56 Å². The lowest BCUT2D eigenvalue weighted by Gasteiger charge is -2.28. The van der Waals surface area contributed by atoms with Gasteiger partial charge >= 0.3 is 0 Å². The van der Waals surface area contributed by atoms with Gasteiger partial charge in [-0.25, -0.2) is 0 Å². The Balaban J connectivity index is 2.73. The summed E-state index contributed by atoms with van der Waals surface area (Å²) in [5.41, 5.74) is 1.81. The first-order chi connectivity index (χ1) is 7.21. The van der Waals surface area contributed by atoms with Gasteiger partial charge in [0.2, 0.25) is 0 Å². The molecule has 0 spiro atoms. The van der Waals surface area contributed by atoms with Crippen molar-refractivity contribution in [2.45, 2.75) is 53.1 Å². The van der Waals surface area contributed by atoms with E-state index in [0.717, 1.165) is 18.4 Å². The van der Waals surface area contributed by atoms with Gasteiger partial charge in [-0.2, -0.15) is 0 Å². The second-order valence-corrected chi connectivity index (χ2v) is 6.20. The lowest BCUT2D eigenvalue weighted by Crippen LogP contribution is -2.23. The van der Waals surface area contributed by atoms with Gasteiger partial charge in [0.05, 0.1) is 5.60 Å². The number of rotatable bonds is 3. The molecule has 0 saturated heterocycles. The zero-order valence-electron chi connectivity index (χ0n) is 11.2. The molecule has 1 aromatic rings. The summed E-state index contributed by atoms with van der Waals surface area (Å²) in [5, 5.41) is 10.4. The van der Waals surface area contributed by atoms with Crippen LogP contribution in [-0.4, -0.2) is 5.11 Å². The highest BCUT2D eigenvalue weighted by molar-refractivity contribution is 5.25. The van der Waals surface area contributed by atoms with E-state index in [9.17, 15) is 5.11 Å². The van der Waals surface area contributed by atoms with Gasteiger partial charge in [0.25, 0.3) is 0 Å². The van der Waals surface area contributed by atoms with Crippen LogP contribution < -0.4 is 0 Å². The van der Waals surface area contributed by atoms with E-state index in [0.29, 0.717) is 0 Å².